The molecule has 14 heteroatoms. The highest BCUT2D eigenvalue weighted by Gasteiger charge is 2.42. The maximum Gasteiger partial charge on any atom is 0.253 e. The van der Waals surface area contributed by atoms with Crippen molar-refractivity contribution in [2.45, 2.75) is 166 Å². The summed E-state index contributed by atoms with van der Waals surface area (Å²) in [5.41, 5.74) is 5.18. The molecule has 2 heterocycles. The molecule has 0 bridgehead atoms. The van der Waals surface area contributed by atoms with Crippen LogP contribution in [0.1, 0.15) is 148 Å². The molecule has 4 fully saturated rings. The van der Waals surface area contributed by atoms with Gasteiger partial charge in [-0.2, -0.15) is 0 Å². The normalized spacial score (nSPS) is 19.4. The van der Waals surface area contributed by atoms with Crippen molar-refractivity contribution in [3.05, 3.63) is 131 Å². The van der Waals surface area contributed by atoms with Gasteiger partial charge in [0.05, 0.1) is 12.1 Å². The molecule has 80 heavy (non-hydrogen) atoms. The summed E-state index contributed by atoms with van der Waals surface area (Å²) in [6.45, 7) is 6.87. The van der Waals surface area contributed by atoms with Crippen molar-refractivity contribution in [1.82, 2.24) is 40.9 Å². The molecule has 6 amide bonds. The molecule has 4 N–H and O–H groups in total. The Kier molecular flexibility index (Phi) is 22.3. The Morgan fingerprint density at radius 3 is 1.18 bits per heavy atom. The first-order valence-corrected chi connectivity index (χ1v) is 30.4. The summed E-state index contributed by atoms with van der Waals surface area (Å²) in [4.78, 5) is 93.6. The van der Waals surface area contributed by atoms with Crippen LogP contribution >= 0.6 is 0 Å². The predicted octanol–water partition coefficient (Wildman–Crippen LogP) is 8.83. The molecule has 0 radical (unpaired) electrons. The van der Waals surface area contributed by atoms with Crippen LogP contribution < -0.4 is 21.3 Å². The molecule has 0 unspecified atom stereocenters. The highest BCUT2D eigenvalue weighted by atomic mass is 16.2. The van der Waals surface area contributed by atoms with Gasteiger partial charge in [0.25, 0.3) is 11.8 Å². The Morgan fingerprint density at radius 2 is 0.838 bits per heavy atom. The van der Waals surface area contributed by atoms with Crippen LogP contribution in [0.2, 0.25) is 0 Å². The van der Waals surface area contributed by atoms with E-state index in [1.807, 2.05) is 118 Å². The van der Waals surface area contributed by atoms with Crippen LogP contribution in [0, 0.1) is 11.8 Å². The lowest BCUT2D eigenvalue weighted by Gasteiger charge is -2.37. The topological polar surface area (TPSA) is 163 Å². The lowest BCUT2D eigenvalue weighted by atomic mass is 9.83. The second kappa shape index (κ2) is 29.9. The summed E-state index contributed by atoms with van der Waals surface area (Å²) in [7, 11) is 3.56. The summed E-state index contributed by atoms with van der Waals surface area (Å²) in [6, 6.07) is 33.4. The van der Waals surface area contributed by atoms with Crippen LogP contribution in [0.25, 0.3) is 11.1 Å². The lowest BCUT2D eigenvalue weighted by Crippen LogP contribution is -2.58. The molecule has 4 aromatic rings. The molecule has 430 valence electrons. The van der Waals surface area contributed by atoms with E-state index in [0.29, 0.717) is 76.1 Å². The van der Waals surface area contributed by atoms with E-state index in [4.69, 9.17) is 0 Å². The number of nitrogens with zero attached hydrogens (tertiary/aromatic N) is 4. The minimum absolute atomic E-state index is 0.0323. The zero-order valence-electron chi connectivity index (χ0n) is 48.2. The maximum absolute atomic E-state index is 14.7. The molecule has 0 aromatic heterocycles. The molecule has 4 aliphatic rings. The Hall–Kier alpha value is -6.38. The zero-order chi connectivity index (χ0) is 56.4. The standard InChI is InChI=1S/C66H90N8O6/c1-5-57(67-3)61(75)69-59(51-25-15-9-16-26-51)65(79)73-41-19-29-55(73)45-71(43-39-47-21-11-7-12-22-47)63(77)53-35-31-49(32-36-53)50-33-37-54(38-34-50)64(78)72(44-40-48-23-13-8-14-24-48)46-56-30-20-42-74(56)66(80)60(52-27-17-10-18-28-52)70-62(76)58(6-2)68-4/h7-8,11-14,21-24,31-38,51-52,55-60,67-68H,5-6,9-10,15-20,25-30,39-46H2,1-4H3,(H,69,75)(H,70,76)/t55-,56-,57-,58-,59-,60-/m0/s1. The number of likely N-dealkylation sites (tertiary alicyclic amines) is 2. The minimum Gasteiger partial charge on any atom is -0.343 e. The van der Waals surface area contributed by atoms with Crippen molar-refractivity contribution in [2.24, 2.45) is 11.8 Å². The van der Waals surface area contributed by atoms with E-state index in [1.165, 1.54) is 0 Å². The predicted molar refractivity (Wildman–Crippen MR) is 317 cm³/mol. The fraction of sp³-hybridized carbons (Fsp3) is 0.545. The average molecular weight is 1090 g/mol. The van der Waals surface area contributed by atoms with Gasteiger partial charge in [0.15, 0.2) is 0 Å². The first-order chi connectivity index (χ1) is 39.0. The molecular weight excluding hydrogens is 1000 g/mol. The van der Waals surface area contributed by atoms with E-state index in [1.54, 1.807) is 14.1 Å². The number of carbonyl (C=O) groups is 6. The van der Waals surface area contributed by atoms with Gasteiger partial charge in [-0.3, -0.25) is 28.8 Å². The van der Waals surface area contributed by atoms with Crippen molar-refractivity contribution in [2.75, 3.05) is 53.4 Å². The van der Waals surface area contributed by atoms with Crippen molar-refractivity contribution < 1.29 is 28.8 Å². The number of nitrogens with one attached hydrogen (secondary N) is 4. The molecule has 8 rings (SSSR count). The van der Waals surface area contributed by atoms with Crippen LogP contribution in [-0.4, -0.2) is 145 Å². The highest BCUT2D eigenvalue weighted by molar-refractivity contribution is 5.96. The summed E-state index contributed by atoms with van der Waals surface area (Å²) < 4.78 is 0. The third kappa shape index (κ3) is 15.5. The Morgan fingerprint density at radius 1 is 0.475 bits per heavy atom. The van der Waals surface area contributed by atoms with Crippen molar-refractivity contribution in [3.8, 4) is 11.1 Å². The first-order valence-electron chi connectivity index (χ1n) is 30.4. The number of hydrogen-bond donors (Lipinski definition) is 4. The SMILES string of the molecule is CC[C@H](NC)C(=O)N[C@H](C(=O)N1CCC[C@H]1CN(CCc1ccccc1)C(=O)c1ccc(-c2ccc(C(=O)N(CCc3ccccc3)C[C@@H]3CCCN3C(=O)[C@@H](NC(=O)[C@H](CC)NC)C3CCCCC3)cc2)cc1)C1CCCCC1. The molecule has 4 aromatic carbocycles. The van der Waals surface area contributed by atoms with Crippen LogP contribution in [0.5, 0.6) is 0 Å². The summed E-state index contributed by atoms with van der Waals surface area (Å²) in [5, 5.41) is 12.6. The summed E-state index contributed by atoms with van der Waals surface area (Å²) in [6.07, 6.45) is 15.9. The molecule has 2 aliphatic heterocycles. The van der Waals surface area contributed by atoms with Gasteiger partial charge in [0.2, 0.25) is 23.6 Å². The van der Waals surface area contributed by atoms with Gasteiger partial charge in [0, 0.05) is 62.5 Å². The number of benzene rings is 4. The summed E-state index contributed by atoms with van der Waals surface area (Å²) >= 11 is 0. The molecule has 2 saturated carbocycles. The van der Waals surface area contributed by atoms with Crippen molar-refractivity contribution >= 4 is 35.4 Å². The second-order valence-electron chi connectivity index (χ2n) is 23.1. The fourth-order valence-corrected chi connectivity index (χ4v) is 13.1. The molecule has 2 aliphatic carbocycles. The monoisotopic (exact) mass is 1090 g/mol. The number of carbonyl (C=O) groups excluding carboxylic acids is 6. The molecular formula is C66H90N8O6. The van der Waals surface area contributed by atoms with E-state index >= 15 is 0 Å². The van der Waals surface area contributed by atoms with E-state index in [0.717, 1.165) is 112 Å². The van der Waals surface area contributed by atoms with Crippen LogP contribution in [-0.2, 0) is 32.0 Å². The van der Waals surface area contributed by atoms with E-state index in [9.17, 15) is 28.8 Å². The molecule has 2 saturated heterocycles. The average Bonchev–Trinajstić information content (AvgIpc) is 4.20. The second-order valence-corrected chi connectivity index (χ2v) is 23.1. The van der Waals surface area contributed by atoms with Gasteiger partial charge in [-0.05, 0) is 150 Å². The Labute approximate surface area is 476 Å². The molecule has 14 nitrogen and oxygen atoms in total. The van der Waals surface area contributed by atoms with E-state index < -0.39 is 12.1 Å². The van der Waals surface area contributed by atoms with E-state index in [2.05, 4.69) is 45.5 Å². The number of likely N-dealkylation sites (N-methyl/N-ethyl adjacent to an activating group) is 2. The van der Waals surface area contributed by atoms with Crippen LogP contribution in [0.3, 0.4) is 0 Å². The maximum atomic E-state index is 14.7. The minimum atomic E-state index is -0.596. The number of amides is 6. The first kappa shape index (κ1) is 59.7. The lowest BCUT2D eigenvalue weighted by molar-refractivity contribution is -0.140. The van der Waals surface area contributed by atoms with Gasteiger partial charge in [0.1, 0.15) is 12.1 Å². The van der Waals surface area contributed by atoms with Gasteiger partial charge in [-0.25, -0.2) is 0 Å². The Bertz CT molecular complexity index is 2430. The molecule has 6 atom stereocenters. The zero-order valence-corrected chi connectivity index (χ0v) is 48.2. The largest absolute Gasteiger partial charge is 0.343 e. The van der Waals surface area contributed by atoms with Crippen LogP contribution in [0.4, 0.5) is 0 Å². The van der Waals surface area contributed by atoms with Crippen LogP contribution in [0.15, 0.2) is 109 Å². The highest BCUT2D eigenvalue weighted by Crippen LogP contribution is 2.32. The smallest absolute Gasteiger partial charge is 0.253 e. The van der Waals surface area contributed by atoms with Gasteiger partial charge < -0.3 is 40.9 Å². The van der Waals surface area contributed by atoms with Gasteiger partial charge in [-0.1, -0.05) is 137 Å². The number of hydrogen-bond acceptors (Lipinski definition) is 8. The van der Waals surface area contributed by atoms with Gasteiger partial charge >= 0.3 is 0 Å². The third-order valence-electron chi connectivity index (χ3n) is 17.9. The Balaban J connectivity index is 0.971. The number of rotatable bonds is 25. The third-order valence-corrected chi connectivity index (χ3v) is 17.9. The van der Waals surface area contributed by atoms with Crippen molar-refractivity contribution in [3.63, 3.8) is 0 Å². The van der Waals surface area contributed by atoms with Crippen molar-refractivity contribution in [1.29, 1.82) is 0 Å². The molecule has 0 spiro atoms. The quantitative estimate of drug-likeness (QED) is 0.0512. The summed E-state index contributed by atoms with van der Waals surface area (Å²) in [5.74, 6) is -0.385. The fourth-order valence-electron chi connectivity index (χ4n) is 13.1. The van der Waals surface area contributed by atoms with Gasteiger partial charge in [-0.15, -0.1) is 0 Å². The van der Waals surface area contributed by atoms with E-state index in [-0.39, 0.29) is 71.4 Å².